The topological polar surface area (TPSA) is 110 Å². The first-order valence-corrected chi connectivity index (χ1v) is 10.7. The lowest BCUT2D eigenvalue weighted by molar-refractivity contribution is 0.0951. The molecule has 0 bridgehead atoms. The minimum absolute atomic E-state index is 0.264. The molecular formula is C25H24N4O4. The van der Waals surface area contributed by atoms with Crippen molar-refractivity contribution in [1.82, 2.24) is 20.9 Å². The first-order chi connectivity index (χ1) is 16.1. The van der Waals surface area contributed by atoms with Crippen LogP contribution in [0.2, 0.25) is 0 Å². The number of nitrogens with one attached hydrogen (secondary N) is 2. The van der Waals surface area contributed by atoms with Crippen LogP contribution >= 0.6 is 0 Å². The van der Waals surface area contributed by atoms with Crippen molar-refractivity contribution in [3.8, 4) is 22.5 Å². The summed E-state index contributed by atoms with van der Waals surface area (Å²) in [5.41, 5.74) is 3.47. The summed E-state index contributed by atoms with van der Waals surface area (Å²) in [4.78, 5) is 25.5. The average molecular weight is 444 g/mol. The summed E-state index contributed by atoms with van der Waals surface area (Å²) in [6, 6.07) is 18.8. The van der Waals surface area contributed by atoms with Crippen molar-refractivity contribution in [3.63, 3.8) is 0 Å². The van der Waals surface area contributed by atoms with Gasteiger partial charge in [-0.3, -0.25) is 9.59 Å². The lowest BCUT2D eigenvalue weighted by Gasteiger charge is -2.08. The SMILES string of the molecule is Cc1onc(-c2ccccc2)c1C(=O)NCCCNC(=O)c1c(-c2ccccc2)noc1C. The Morgan fingerprint density at radius 3 is 1.48 bits per heavy atom. The van der Waals surface area contributed by atoms with E-state index in [1.807, 2.05) is 60.7 Å². The molecule has 0 atom stereocenters. The average Bonchev–Trinajstić information content (AvgIpc) is 3.42. The molecule has 168 valence electrons. The van der Waals surface area contributed by atoms with Gasteiger partial charge in [0.15, 0.2) is 0 Å². The van der Waals surface area contributed by atoms with Crippen molar-refractivity contribution in [2.45, 2.75) is 20.3 Å². The first kappa shape index (κ1) is 22.0. The van der Waals surface area contributed by atoms with Crippen LogP contribution in [0.5, 0.6) is 0 Å². The van der Waals surface area contributed by atoms with Gasteiger partial charge >= 0.3 is 0 Å². The second-order valence-corrected chi connectivity index (χ2v) is 7.52. The summed E-state index contributed by atoms with van der Waals surface area (Å²) >= 11 is 0. The van der Waals surface area contributed by atoms with Crippen LogP contribution in [0.3, 0.4) is 0 Å². The molecule has 0 aliphatic carbocycles. The second kappa shape index (κ2) is 9.95. The quantitative estimate of drug-likeness (QED) is 0.395. The Balaban J connectivity index is 1.32. The van der Waals surface area contributed by atoms with Crippen LogP contribution in [0.1, 0.15) is 38.7 Å². The number of rotatable bonds is 8. The summed E-state index contributed by atoms with van der Waals surface area (Å²) in [5.74, 6) is 0.382. The van der Waals surface area contributed by atoms with Crippen LogP contribution in [0.25, 0.3) is 22.5 Å². The fourth-order valence-corrected chi connectivity index (χ4v) is 3.53. The van der Waals surface area contributed by atoms with Crippen molar-refractivity contribution < 1.29 is 18.6 Å². The Morgan fingerprint density at radius 2 is 1.09 bits per heavy atom. The molecule has 33 heavy (non-hydrogen) atoms. The number of hydrogen-bond donors (Lipinski definition) is 2. The normalized spacial score (nSPS) is 10.7. The highest BCUT2D eigenvalue weighted by atomic mass is 16.5. The maximum atomic E-state index is 12.7. The van der Waals surface area contributed by atoms with Crippen molar-refractivity contribution in [2.24, 2.45) is 0 Å². The molecule has 0 spiro atoms. The minimum atomic E-state index is -0.264. The van der Waals surface area contributed by atoms with Gasteiger partial charge in [-0.2, -0.15) is 0 Å². The number of nitrogens with zero attached hydrogens (tertiary/aromatic N) is 2. The molecule has 4 aromatic rings. The molecule has 0 unspecified atom stereocenters. The summed E-state index contributed by atoms with van der Waals surface area (Å²) in [7, 11) is 0. The third-order valence-electron chi connectivity index (χ3n) is 5.20. The monoisotopic (exact) mass is 444 g/mol. The van der Waals surface area contributed by atoms with E-state index in [4.69, 9.17) is 9.05 Å². The van der Waals surface area contributed by atoms with Gasteiger partial charge in [-0.05, 0) is 20.3 Å². The predicted octanol–water partition coefficient (Wildman–Crippen LogP) is 4.16. The van der Waals surface area contributed by atoms with Crippen molar-refractivity contribution >= 4 is 11.8 Å². The van der Waals surface area contributed by atoms with Crippen LogP contribution in [-0.2, 0) is 0 Å². The fraction of sp³-hybridized carbons (Fsp3) is 0.200. The molecule has 0 saturated heterocycles. The molecular weight excluding hydrogens is 420 g/mol. The molecule has 0 fully saturated rings. The molecule has 0 aliphatic heterocycles. The van der Waals surface area contributed by atoms with Gasteiger partial charge in [-0.25, -0.2) is 0 Å². The summed E-state index contributed by atoms with van der Waals surface area (Å²) in [6.07, 6.45) is 0.549. The molecule has 2 N–H and O–H groups in total. The largest absolute Gasteiger partial charge is 0.360 e. The predicted molar refractivity (Wildman–Crippen MR) is 123 cm³/mol. The van der Waals surface area contributed by atoms with E-state index in [1.165, 1.54) is 0 Å². The second-order valence-electron chi connectivity index (χ2n) is 7.52. The van der Waals surface area contributed by atoms with Gasteiger partial charge in [0.05, 0.1) is 0 Å². The maximum absolute atomic E-state index is 12.7. The standard InChI is InChI=1S/C25H24N4O4/c1-16-20(22(28-32-16)18-10-5-3-6-11-18)24(30)26-14-9-15-27-25(31)21-17(2)33-29-23(21)19-12-7-4-8-13-19/h3-8,10-13H,9,14-15H2,1-2H3,(H,26,30)(H,27,31). The van der Waals surface area contributed by atoms with Crippen LogP contribution in [0.15, 0.2) is 69.7 Å². The molecule has 2 amide bonds. The highest BCUT2D eigenvalue weighted by molar-refractivity contribution is 6.01. The summed E-state index contributed by atoms with van der Waals surface area (Å²) in [5, 5.41) is 13.8. The van der Waals surface area contributed by atoms with Gasteiger partial charge < -0.3 is 19.7 Å². The van der Waals surface area contributed by atoms with Gasteiger partial charge in [0.1, 0.15) is 34.0 Å². The van der Waals surface area contributed by atoms with E-state index < -0.39 is 0 Å². The zero-order valence-corrected chi connectivity index (χ0v) is 18.4. The van der Waals surface area contributed by atoms with Crippen molar-refractivity contribution in [3.05, 3.63) is 83.3 Å². The smallest absolute Gasteiger partial charge is 0.257 e. The lowest BCUT2D eigenvalue weighted by Crippen LogP contribution is -2.30. The van der Waals surface area contributed by atoms with Gasteiger partial charge in [0, 0.05) is 24.2 Å². The summed E-state index contributed by atoms with van der Waals surface area (Å²) in [6.45, 7) is 4.18. The molecule has 0 radical (unpaired) electrons. The van der Waals surface area contributed by atoms with E-state index in [0.717, 1.165) is 11.1 Å². The van der Waals surface area contributed by atoms with E-state index in [9.17, 15) is 9.59 Å². The third-order valence-corrected chi connectivity index (χ3v) is 5.20. The molecule has 4 rings (SSSR count). The third kappa shape index (κ3) is 4.85. The highest BCUT2D eigenvalue weighted by Crippen LogP contribution is 2.26. The molecule has 2 heterocycles. The first-order valence-electron chi connectivity index (χ1n) is 10.7. The highest BCUT2D eigenvalue weighted by Gasteiger charge is 2.22. The van der Waals surface area contributed by atoms with Gasteiger partial charge in [-0.1, -0.05) is 71.0 Å². The Morgan fingerprint density at radius 1 is 0.697 bits per heavy atom. The lowest BCUT2D eigenvalue weighted by atomic mass is 10.1. The number of aromatic nitrogens is 2. The maximum Gasteiger partial charge on any atom is 0.257 e. The van der Waals surface area contributed by atoms with Gasteiger partial charge in [0.25, 0.3) is 11.8 Å². The van der Waals surface area contributed by atoms with Crippen LogP contribution in [-0.4, -0.2) is 35.2 Å². The van der Waals surface area contributed by atoms with Gasteiger partial charge in [0.2, 0.25) is 0 Å². The Bertz CT molecular complexity index is 1150. The molecule has 8 nitrogen and oxygen atoms in total. The Labute approximate surface area is 191 Å². The van der Waals surface area contributed by atoms with Gasteiger partial charge in [-0.15, -0.1) is 0 Å². The fourth-order valence-electron chi connectivity index (χ4n) is 3.53. The number of amides is 2. The molecule has 0 aliphatic rings. The van der Waals surface area contributed by atoms with E-state index in [-0.39, 0.29) is 11.8 Å². The van der Waals surface area contributed by atoms with Crippen molar-refractivity contribution in [1.29, 1.82) is 0 Å². The van der Waals surface area contributed by atoms with E-state index in [2.05, 4.69) is 20.9 Å². The molecule has 2 aromatic heterocycles. The molecule has 8 heteroatoms. The Kier molecular flexibility index (Phi) is 6.64. The number of carbonyl (C=O) groups is 2. The number of carbonyl (C=O) groups excluding carboxylic acids is 2. The number of hydrogen-bond acceptors (Lipinski definition) is 6. The number of aryl methyl sites for hydroxylation is 2. The van der Waals surface area contributed by atoms with Crippen LogP contribution < -0.4 is 10.6 Å². The van der Waals surface area contributed by atoms with Crippen LogP contribution in [0, 0.1) is 13.8 Å². The molecule has 2 aromatic carbocycles. The van der Waals surface area contributed by atoms with Crippen molar-refractivity contribution in [2.75, 3.05) is 13.1 Å². The van der Waals surface area contributed by atoms with E-state index in [0.29, 0.717) is 53.5 Å². The number of benzene rings is 2. The Hall–Kier alpha value is -4.20. The molecule has 0 saturated carbocycles. The zero-order chi connectivity index (χ0) is 23.2. The van der Waals surface area contributed by atoms with E-state index >= 15 is 0 Å². The van der Waals surface area contributed by atoms with E-state index in [1.54, 1.807) is 13.8 Å². The van der Waals surface area contributed by atoms with Crippen LogP contribution in [0.4, 0.5) is 0 Å². The zero-order valence-electron chi connectivity index (χ0n) is 18.4. The minimum Gasteiger partial charge on any atom is -0.360 e. The summed E-state index contributed by atoms with van der Waals surface area (Å²) < 4.78 is 10.5.